The first kappa shape index (κ1) is 42.7. The number of esters is 1. The molecule has 18 nitrogen and oxygen atoms in total. The van der Waals surface area contributed by atoms with Gasteiger partial charge in [-0.1, -0.05) is 19.9 Å². The van der Waals surface area contributed by atoms with Gasteiger partial charge in [0, 0.05) is 0 Å². The van der Waals surface area contributed by atoms with Crippen LogP contribution in [0.15, 0.2) is 12.2 Å². The van der Waals surface area contributed by atoms with Crippen molar-refractivity contribution < 1.29 is 89.4 Å². The highest BCUT2D eigenvalue weighted by Gasteiger charge is 2.69. The average Bonchev–Trinajstić information content (AvgIpc) is 3.37. The molecule has 2 bridgehead atoms. The van der Waals surface area contributed by atoms with Crippen LogP contribution in [-0.4, -0.2) is 180 Å². The van der Waals surface area contributed by atoms with Crippen molar-refractivity contribution in [3.8, 4) is 0 Å². The summed E-state index contributed by atoms with van der Waals surface area (Å²) in [6.45, 7) is 6.50. The van der Waals surface area contributed by atoms with Crippen molar-refractivity contribution in [3.63, 3.8) is 0 Å². The number of rotatable bonds is 9. The van der Waals surface area contributed by atoms with E-state index in [-0.39, 0.29) is 22.7 Å². The van der Waals surface area contributed by atoms with Crippen molar-refractivity contribution >= 4 is 5.97 Å². The van der Waals surface area contributed by atoms with E-state index in [1.165, 1.54) is 0 Å². The number of fused-ring (bicyclic) bond motifs is 3. The van der Waals surface area contributed by atoms with Gasteiger partial charge in [-0.05, 0) is 86.5 Å². The summed E-state index contributed by atoms with van der Waals surface area (Å²) >= 11 is 0. The zero-order valence-corrected chi connectivity index (χ0v) is 31.8. The van der Waals surface area contributed by atoms with E-state index in [2.05, 4.69) is 13.5 Å². The molecule has 17 unspecified atom stereocenters. The van der Waals surface area contributed by atoms with Crippen LogP contribution in [0.1, 0.15) is 71.6 Å². The predicted molar refractivity (Wildman–Crippen MR) is 186 cm³/mol. The van der Waals surface area contributed by atoms with Gasteiger partial charge in [0.1, 0.15) is 73.2 Å². The molecule has 3 aliphatic heterocycles. The summed E-state index contributed by atoms with van der Waals surface area (Å²) in [5.41, 5.74) is -1.72. The summed E-state index contributed by atoms with van der Waals surface area (Å²) in [6.07, 6.45) is -17.7. The summed E-state index contributed by atoms with van der Waals surface area (Å²) in [4.78, 5) is 14.1. The minimum Gasteiger partial charge on any atom is -0.432 e. The Kier molecular flexibility index (Phi) is 11.9. The normalized spacial score (nSPS) is 54.6. The molecule has 0 amide bonds. The molecule has 320 valence electrons. The van der Waals surface area contributed by atoms with Gasteiger partial charge in [-0.15, -0.1) is 0 Å². The van der Waals surface area contributed by atoms with Gasteiger partial charge in [-0.2, -0.15) is 0 Å². The third-order valence-corrected chi connectivity index (χ3v) is 15.0. The van der Waals surface area contributed by atoms with Gasteiger partial charge in [-0.25, -0.2) is 0 Å². The van der Waals surface area contributed by atoms with Gasteiger partial charge < -0.3 is 84.6 Å². The molecule has 3 saturated heterocycles. The van der Waals surface area contributed by atoms with Gasteiger partial charge in [0.2, 0.25) is 6.29 Å². The second kappa shape index (κ2) is 15.6. The Bertz CT molecular complexity index is 1450. The van der Waals surface area contributed by atoms with E-state index >= 15 is 0 Å². The molecule has 4 saturated carbocycles. The molecule has 7 aliphatic rings. The van der Waals surface area contributed by atoms with Gasteiger partial charge in [0.15, 0.2) is 12.6 Å². The van der Waals surface area contributed by atoms with E-state index < -0.39 is 129 Å². The van der Waals surface area contributed by atoms with E-state index in [1.54, 1.807) is 0 Å². The van der Waals surface area contributed by atoms with Crippen LogP contribution in [0.5, 0.6) is 0 Å². The summed E-state index contributed by atoms with van der Waals surface area (Å²) in [5, 5.41) is 114. The Labute approximate surface area is 324 Å². The SMILES string of the molecule is C=C1C[C@@]23CCC4[C@@](C)(CCC[C@@]4(C)C(=O)OC4OC(CO)C(O)C(O)C4O)C2CC[C@]1(OC1OC(CO)C(O)C(OC2OC(CO)C(O)C(O)C2O)C1O)C3. The number of aliphatic hydroxyl groups is 11. The minimum atomic E-state index is -1.81. The van der Waals surface area contributed by atoms with Crippen molar-refractivity contribution in [2.24, 2.45) is 28.1 Å². The van der Waals surface area contributed by atoms with Crippen molar-refractivity contribution in [3.05, 3.63) is 12.2 Å². The minimum absolute atomic E-state index is 0.116. The highest BCUT2D eigenvalue weighted by Crippen LogP contribution is 2.73. The maximum atomic E-state index is 14.1. The summed E-state index contributed by atoms with van der Waals surface area (Å²) in [7, 11) is 0. The smallest absolute Gasteiger partial charge is 0.314 e. The molecule has 56 heavy (non-hydrogen) atoms. The van der Waals surface area contributed by atoms with Crippen molar-refractivity contribution in [2.75, 3.05) is 19.8 Å². The molecule has 18 heteroatoms. The van der Waals surface area contributed by atoms with Crippen LogP contribution in [0.2, 0.25) is 0 Å². The van der Waals surface area contributed by atoms with Crippen LogP contribution in [0.4, 0.5) is 0 Å². The van der Waals surface area contributed by atoms with Gasteiger partial charge in [-0.3, -0.25) is 4.79 Å². The lowest BCUT2D eigenvalue weighted by atomic mass is 9.41. The van der Waals surface area contributed by atoms with Crippen LogP contribution >= 0.6 is 0 Å². The fourth-order valence-electron chi connectivity index (χ4n) is 12.0. The number of aliphatic hydroxyl groups excluding tert-OH is 11. The Hall–Kier alpha value is -1.43. The van der Waals surface area contributed by atoms with Crippen LogP contribution in [-0.2, 0) is 33.2 Å². The molecule has 1 spiro atoms. The van der Waals surface area contributed by atoms with E-state index in [9.17, 15) is 61.0 Å². The topological polar surface area (TPSA) is 295 Å². The molecule has 11 N–H and O–H groups in total. The highest BCUT2D eigenvalue weighted by molar-refractivity contribution is 5.77. The van der Waals surface area contributed by atoms with Crippen LogP contribution < -0.4 is 0 Å². The fraction of sp³-hybridized carbons (Fsp3) is 0.921. The van der Waals surface area contributed by atoms with Crippen molar-refractivity contribution in [2.45, 2.75) is 169 Å². The Balaban J connectivity index is 1.07. The molecule has 0 aromatic heterocycles. The molecule has 7 rings (SSSR count). The van der Waals surface area contributed by atoms with Crippen molar-refractivity contribution in [1.82, 2.24) is 0 Å². The molecule has 3 heterocycles. The third-order valence-electron chi connectivity index (χ3n) is 15.0. The van der Waals surface area contributed by atoms with E-state index in [0.29, 0.717) is 38.5 Å². The quantitative estimate of drug-likeness (QED) is 0.0631. The Morgan fingerprint density at radius 3 is 1.86 bits per heavy atom. The van der Waals surface area contributed by atoms with E-state index in [0.717, 1.165) is 24.8 Å². The van der Waals surface area contributed by atoms with Gasteiger partial charge >= 0.3 is 5.97 Å². The van der Waals surface area contributed by atoms with E-state index in [4.69, 9.17) is 28.4 Å². The second-order valence-electron chi connectivity index (χ2n) is 18.0. The first-order valence-electron chi connectivity index (χ1n) is 19.9. The molecular weight excluding hydrogens is 744 g/mol. The molecular formula is C38H60O18. The Morgan fingerprint density at radius 1 is 0.679 bits per heavy atom. The summed E-state index contributed by atoms with van der Waals surface area (Å²) in [6, 6.07) is 0. The fourth-order valence-corrected chi connectivity index (χ4v) is 12.0. The molecule has 0 radical (unpaired) electrons. The Morgan fingerprint density at radius 2 is 1.23 bits per heavy atom. The highest BCUT2D eigenvalue weighted by atomic mass is 16.7. The monoisotopic (exact) mass is 804 g/mol. The molecule has 7 fully saturated rings. The lowest BCUT2D eigenvalue weighted by Gasteiger charge is -2.64. The summed E-state index contributed by atoms with van der Waals surface area (Å²) < 4.78 is 35.1. The lowest BCUT2D eigenvalue weighted by molar-refractivity contribution is -0.369. The lowest BCUT2D eigenvalue weighted by Crippen LogP contribution is -2.65. The first-order valence-corrected chi connectivity index (χ1v) is 19.9. The maximum absolute atomic E-state index is 14.1. The average molecular weight is 805 g/mol. The maximum Gasteiger partial charge on any atom is 0.314 e. The standard InChI is InChI=1S/C38H60O18/c1-16-11-37-9-5-20-35(2,7-4-8-36(20,3)34(50)55-32-28(48)26(46)23(43)18(13-40)52-32)21(37)6-10-38(16,15-37)56-33-29(49)30(24(44)19(14-41)53-33)54-31-27(47)25(45)22(42)17(12-39)51-31/h17-33,39-49H,1,4-15H2,2-3H3/t17?,18?,19?,20?,21?,22?,23?,24?,25?,26?,27?,28?,29?,30?,31?,32?,33?,35-,36-,37-,38+/m1/s1. The zero-order valence-electron chi connectivity index (χ0n) is 31.8. The number of hydrogen-bond donors (Lipinski definition) is 11. The number of ether oxygens (including phenoxy) is 6. The van der Waals surface area contributed by atoms with Crippen LogP contribution in [0.3, 0.4) is 0 Å². The molecule has 4 aliphatic carbocycles. The predicted octanol–water partition coefficient (Wildman–Crippen LogP) is -2.94. The number of hydrogen-bond acceptors (Lipinski definition) is 18. The van der Waals surface area contributed by atoms with E-state index in [1.807, 2.05) is 6.92 Å². The third kappa shape index (κ3) is 6.69. The molecule has 21 atom stereocenters. The van der Waals surface area contributed by atoms with Gasteiger partial charge in [0.05, 0.1) is 30.8 Å². The second-order valence-corrected chi connectivity index (χ2v) is 18.0. The van der Waals surface area contributed by atoms with Crippen molar-refractivity contribution in [1.29, 1.82) is 0 Å². The molecule has 0 aromatic rings. The summed E-state index contributed by atoms with van der Waals surface area (Å²) in [5.74, 6) is -0.562. The van der Waals surface area contributed by atoms with Crippen LogP contribution in [0.25, 0.3) is 0 Å². The number of carbonyl (C=O) groups excluding carboxylic acids is 1. The van der Waals surface area contributed by atoms with Crippen LogP contribution in [0, 0.1) is 28.1 Å². The largest absolute Gasteiger partial charge is 0.432 e. The first-order chi connectivity index (χ1) is 26.4. The molecule has 0 aromatic carbocycles. The zero-order chi connectivity index (χ0) is 40.7. The van der Waals surface area contributed by atoms with Gasteiger partial charge in [0.25, 0.3) is 0 Å². The number of carbonyl (C=O) groups is 1.